The van der Waals surface area contributed by atoms with E-state index in [-0.39, 0.29) is 24.7 Å². The van der Waals surface area contributed by atoms with Crippen molar-refractivity contribution in [2.24, 2.45) is 0 Å². The van der Waals surface area contributed by atoms with E-state index >= 15 is 0 Å². The first-order chi connectivity index (χ1) is 13.5. The first-order valence-electron chi connectivity index (χ1n) is 8.48. The Balaban J connectivity index is 1.64. The molecule has 0 radical (unpaired) electrons. The van der Waals surface area contributed by atoms with Crippen LogP contribution in [0.3, 0.4) is 0 Å². The lowest BCUT2D eigenvalue weighted by Crippen LogP contribution is -2.30. The Labute approximate surface area is 161 Å². The Hall–Kier alpha value is -3.49. The molecule has 0 N–H and O–H groups in total. The monoisotopic (exact) mass is 385 g/mol. The molecule has 146 valence electrons. The smallest absolute Gasteiger partial charge is 0.246 e. The van der Waals surface area contributed by atoms with E-state index in [2.05, 4.69) is 15.4 Å². The second-order valence-electron chi connectivity index (χ2n) is 6.09. The average Bonchev–Trinajstić information content (AvgIpc) is 3.16. The van der Waals surface area contributed by atoms with E-state index in [1.54, 1.807) is 26.3 Å². The van der Waals surface area contributed by atoms with Gasteiger partial charge in [0, 0.05) is 19.2 Å². The van der Waals surface area contributed by atoms with Gasteiger partial charge in [0.1, 0.15) is 12.3 Å². The number of carbonyl (C=O) groups is 1. The zero-order valence-electron chi connectivity index (χ0n) is 15.8. The molecule has 3 aromatic rings. The van der Waals surface area contributed by atoms with Gasteiger partial charge in [0.2, 0.25) is 11.7 Å². The molecule has 1 heterocycles. The molecule has 0 aliphatic rings. The van der Waals surface area contributed by atoms with Gasteiger partial charge in [-0.2, -0.15) is 4.80 Å². The second kappa shape index (κ2) is 8.47. The van der Waals surface area contributed by atoms with Crippen LogP contribution in [0, 0.1) is 5.82 Å². The molecule has 0 saturated carbocycles. The molecule has 0 saturated heterocycles. The number of benzene rings is 2. The van der Waals surface area contributed by atoms with Gasteiger partial charge in [0.15, 0.2) is 11.6 Å². The third-order valence-electron chi connectivity index (χ3n) is 4.12. The first-order valence-corrected chi connectivity index (χ1v) is 8.48. The van der Waals surface area contributed by atoms with E-state index in [1.165, 1.54) is 28.9 Å². The summed E-state index contributed by atoms with van der Waals surface area (Å²) in [4.78, 5) is 15.1. The third kappa shape index (κ3) is 4.43. The SMILES string of the molecule is COc1cccc(-c2nnn(CC(=O)N(C)Cc3ccc(OC)c(F)c3)n2)c1. The molecule has 0 atom stereocenters. The minimum atomic E-state index is -0.471. The molecule has 0 aliphatic heterocycles. The van der Waals surface area contributed by atoms with Gasteiger partial charge >= 0.3 is 0 Å². The summed E-state index contributed by atoms with van der Waals surface area (Å²) in [5, 5.41) is 12.1. The molecule has 0 spiro atoms. The normalized spacial score (nSPS) is 10.6. The van der Waals surface area contributed by atoms with Crippen molar-refractivity contribution in [1.29, 1.82) is 0 Å². The summed E-state index contributed by atoms with van der Waals surface area (Å²) in [6.45, 7) is 0.170. The number of ether oxygens (including phenoxy) is 2. The van der Waals surface area contributed by atoms with Crippen LogP contribution in [0.15, 0.2) is 42.5 Å². The number of hydrogen-bond donors (Lipinski definition) is 0. The van der Waals surface area contributed by atoms with Crippen molar-refractivity contribution in [2.75, 3.05) is 21.3 Å². The number of hydrogen-bond acceptors (Lipinski definition) is 6. The molecule has 8 nitrogen and oxygen atoms in total. The topological polar surface area (TPSA) is 82.4 Å². The summed E-state index contributed by atoms with van der Waals surface area (Å²) in [6.07, 6.45) is 0. The minimum Gasteiger partial charge on any atom is -0.497 e. The summed E-state index contributed by atoms with van der Waals surface area (Å²) in [7, 11) is 4.61. The Bertz CT molecular complexity index is 976. The highest BCUT2D eigenvalue weighted by atomic mass is 19.1. The van der Waals surface area contributed by atoms with Gasteiger partial charge in [0.05, 0.1) is 14.2 Å². The molecule has 3 rings (SSSR count). The molecule has 0 bridgehead atoms. The summed E-state index contributed by atoms with van der Waals surface area (Å²) in [5.41, 5.74) is 1.39. The second-order valence-corrected chi connectivity index (χ2v) is 6.09. The minimum absolute atomic E-state index is 0.0773. The molecule has 0 unspecified atom stereocenters. The Morgan fingerprint density at radius 2 is 2.00 bits per heavy atom. The van der Waals surface area contributed by atoms with Gasteiger partial charge in [-0.25, -0.2) is 4.39 Å². The first kappa shape index (κ1) is 19.3. The van der Waals surface area contributed by atoms with Gasteiger partial charge in [-0.3, -0.25) is 4.79 Å². The lowest BCUT2D eigenvalue weighted by molar-refractivity contribution is -0.131. The lowest BCUT2D eigenvalue weighted by Gasteiger charge is -2.17. The number of carbonyl (C=O) groups excluding carboxylic acids is 1. The van der Waals surface area contributed by atoms with Crippen molar-refractivity contribution in [3.8, 4) is 22.9 Å². The Kier molecular flexibility index (Phi) is 5.83. The Morgan fingerprint density at radius 3 is 2.71 bits per heavy atom. The van der Waals surface area contributed by atoms with Gasteiger partial charge in [-0.1, -0.05) is 18.2 Å². The van der Waals surface area contributed by atoms with Crippen LogP contribution in [-0.2, 0) is 17.9 Å². The number of halogens is 1. The van der Waals surface area contributed by atoms with Crippen molar-refractivity contribution in [2.45, 2.75) is 13.1 Å². The summed E-state index contributed by atoms with van der Waals surface area (Å²) in [5.74, 6) is 0.533. The molecule has 1 aromatic heterocycles. The maximum absolute atomic E-state index is 13.8. The lowest BCUT2D eigenvalue weighted by atomic mass is 10.2. The number of tetrazole rings is 1. The van der Waals surface area contributed by atoms with Crippen LogP contribution in [0.2, 0.25) is 0 Å². The van der Waals surface area contributed by atoms with Crippen molar-refractivity contribution < 1.29 is 18.7 Å². The number of methoxy groups -OCH3 is 2. The highest BCUT2D eigenvalue weighted by Crippen LogP contribution is 2.20. The van der Waals surface area contributed by atoms with E-state index in [0.29, 0.717) is 17.1 Å². The molecule has 0 aliphatic carbocycles. The Morgan fingerprint density at radius 1 is 1.18 bits per heavy atom. The highest BCUT2D eigenvalue weighted by Gasteiger charge is 2.14. The predicted molar refractivity (Wildman–Crippen MR) is 99.2 cm³/mol. The molecule has 28 heavy (non-hydrogen) atoms. The summed E-state index contributed by atoms with van der Waals surface area (Å²) < 4.78 is 23.9. The van der Waals surface area contributed by atoms with E-state index in [4.69, 9.17) is 9.47 Å². The van der Waals surface area contributed by atoms with Crippen LogP contribution in [0.5, 0.6) is 11.5 Å². The van der Waals surface area contributed by atoms with Crippen molar-refractivity contribution in [1.82, 2.24) is 25.1 Å². The van der Waals surface area contributed by atoms with Crippen LogP contribution in [0.1, 0.15) is 5.56 Å². The van der Waals surface area contributed by atoms with Gasteiger partial charge < -0.3 is 14.4 Å². The van der Waals surface area contributed by atoms with E-state index in [0.717, 1.165) is 5.56 Å². The van der Waals surface area contributed by atoms with Crippen molar-refractivity contribution in [3.63, 3.8) is 0 Å². The fourth-order valence-corrected chi connectivity index (χ4v) is 2.60. The van der Waals surface area contributed by atoms with Gasteiger partial charge in [-0.15, -0.1) is 10.2 Å². The van der Waals surface area contributed by atoms with Crippen LogP contribution in [-0.4, -0.2) is 52.3 Å². The molecule has 0 fully saturated rings. The fourth-order valence-electron chi connectivity index (χ4n) is 2.60. The zero-order valence-corrected chi connectivity index (χ0v) is 15.8. The standard InChI is InChI=1S/C19H20FN5O3/c1-24(11-13-7-8-17(28-3)16(20)9-13)18(26)12-25-22-19(21-23-25)14-5-4-6-15(10-14)27-2/h4-10H,11-12H2,1-3H3. The van der Waals surface area contributed by atoms with Crippen LogP contribution in [0.4, 0.5) is 4.39 Å². The predicted octanol–water partition coefficient (Wildman–Crippen LogP) is 2.15. The number of likely N-dealkylation sites (N-methyl/N-ethyl adjacent to an activating group) is 1. The van der Waals surface area contributed by atoms with E-state index in [1.807, 2.05) is 18.2 Å². The maximum Gasteiger partial charge on any atom is 0.246 e. The molecular weight excluding hydrogens is 365 g/mol. The number of rotatable bonds is 7. The zero-order chi connectivity index (χ0) is 20.1. The quantitative estimate of drug-likeness (QED) is 0.620. The fraction of sp³-hybridized carbons (Fsp3) is 0.263. The van der Waals surface area contributed by atoms with Crippen LogP contribution >= 0.6 is 0 Å². The van der Waals surface area contributed by atoms with Crippen LogP contribution < -0.4 is 9.47 Å². The largest absolute Gasteiger partial charge is 0.497 e. The number of amides is 1. The third-order valence-corrected chi connectivity index (χ3v) is 4.12. The maximum atomic E-state index is 13.8. The molecule has 1 amide bonds. The van der Waals surface area contributed by atoms with Gasteiger partial charge in [0.25, 0.3) is 0 Å². The van der Waals surface area contributed by atoms with E-state index in [9.17, 15) is 9.18 Å². The summed E-state index contributed by atoms with van der Waals surface area (Å²) in [6, 6.07) is 11.8. The highest BCUT2D eigenvalue weighted by molar-refractivity contribution is 5.75. The van der Waals surface area contributed by atoms with E-state index < -0.39 is 5.82 Å². The van der Waals surface area contributed by atoms with Crippen molar-refractivity contribution >= 4 is 5.91 Å². The van der Waals surface area contributed by atoms with Crippen molar-refractivity contribution in [3.05, 3.63) is 53.8 Å². The molecule has 2 aromatic carbocycles. The van der Waals surface area contributed by atoms with Crippen LogP contribution in [0.25, 0.3) is 11.4 Å². The molecular formula is C19H20FN5O3. The number of aromatic nitrogens is 4. The summed E-state index contributed by atoms with van der Waals surface area (Å²) >= 11 is 0. The molecule has 9 heteroatoms. The number of nitrogens with zero attached hydrogens (tertiary/aromatic N) is 5. The van der Waals surface area contributed by atoms with Gasteiger partial charge in [-0.05, 0) is 35.0 Å². The average molecular weight is 385 g/mol.